The number of nitrogens with one attached hydrogen (secondary N) is 4. The molecule has 0 aliphatic carbocycles. The molecule has 0 aliphatic heterocycles. The van der Waals surface area contributed by atoms with E-state index in [-0.39, 0.29) is 88.2 Å². The van der Waals surface area contributed by atoms with E-state index in [9.17, 15) is 19.2 Å². The molecule has 0 saturated heterocycles. The number of carbonyl (C=O) groups excluding carboxylic acids is 4. The van der Waals surface area contributed by atoms with Crippen LogP contribution in [0, 0.1) is 5.92 Å². The third-order valence-electron chi connectivity index (χ3n) is 3.74. The Morgan fingerprint density at radius 3 is 1.17 bits per heavy atom. The highest BCUT2D eigenvalue weighted by molar-refractivity contribution is 5.69. The van der Waals surface area contributed by atoms with Gasteiger partial charge in [0, 0.05) is 32.1 Å². The maximum atomic E-state index is 11.8. The fourth-order valence-corrected chi connectivity index (χ4v) is 2.22. The number of amides is 4. The molecule has 4 amide bonds. The standard InChI is InChI=1S/C19H36N4O8.4CH4/c1-4-7-8-15(13-30-18(26)22-11-9-20-16(24)28-5-2)14-31-19(27)23-12-10-21-17(25)29-6-3;;;;/h15H,4-14H2,1-3H3,(H,20,24)(H,21,25)(H,22,26)(H,23,27);4*1H4. The largest absolute Gasteiger partial charge is 0.450 e. The average Bonchev–Trinajstić information content (AvgIpc) is 2.74. The molecule has 4 N–H and O–H groups in total. The van der Waals surface area contributed by atoms with Crippen molar-refractivity contribution in [3.63, 3.8) is 0 Å². The molecule has 12 nitrogen and oxygen atoms in total. The Morgan fingerprint density at radius 1 is 0.571 bits per heavy atom. The zero-order valence-electron chi connectivity index (χ0n) is 18.6. The Kier molecular flexibility index (Phi) is 35.1. The Balaban J connectivity index is -0.000000750. The van der Waals surface area contributed by atoms with Gasteiger partial charge in [-0.15, -0.1) is 0 Å². The highest BCUT2D eigenvalue weighted by Crippen LogP contribution is 2.10. The summed E-state index contributed by atoms with van der Waals surface area (Å²) in [4.78, 5) is 45.8. The second-order valence-electron chi connectivity index (χ2n) is 6.35. The van der Waals surface area contributed by atoms with Gasteiger partial charge in [0.1, 0.15) is 0 Å². The van der Waals surface area contributed by atoms with Crippen LogP contribution >= 0.6 is 0 Å². The lowest BCUT2D eigenvalue weighted by atomic mass is 10.0. The minimum atomic E-state index is -0.623. The van der Waals surface area contributed by atoms with Gasteiger partial charge in [-0.1, -0.05) is 49.5 Å². The molecule has 0 saturated carbocycles. The molecule has 212 valence electrons. The summed E-state index contributed by atoms with van der Waals surface area (Å²) >= 11 is 0. The molecule has 0 atom stereocenters. The quantitative estimate of drug-likeness (QED) is 0.187. The van der Waals surface area contributed by atoms with Crippen molar-refractivity contribution in [2.75, 3.05) is 52.6 Å². The highest BCUT2D eigenvalue weighted by atomic mass is 16.6. The molecule has 0 heterocycles. The van der Waals surface area contributed by atoms with Crippen molar-refractivity contribution in [2.24, 2.45) is 5.92 Å². The first-order valence-corrected chi connectivity index (χ1v) is 10.5. The molecule has 0 spiro atoms. The van der Waals surface area contributed by atoms with Gasteiger partial charge in [-0.2, -0.15) is 0 Å². The topological polar surface area (TPSA) is 153 Å². The van der Waals surface area contributed by atoms with E-state index in [4.69, 9.17) is 18.9 Å². The van der Waals surface area contributed by atoms with E-state index in [2.05, 4.69) is 21.3 Å². The molecule has 35 heavy (non-hydrogen) atoms. The molecular formula is C23H52N4O8. The van der Waals surface area contributed by atoms with Crippen LogP contribution in [0.3, 0.4) is 0 Å². The van der Waals surface area contributed by atoms with Crippen molar-refractivity contribution in [3.05, 3.63) is 0 Å². The average molecular weight is 513 g/mol. The lowest BCUT2D eigenvalue weighted by Gasteiger charge is -2.17. The van der Waals surface area contributed by atoms with E-state index in [1.54, 1.807) is 13.8 Å². The zero-order chi connectivity index (χ0) is 23.3. The summed E-state index contributed by atoms with van der Waals surface area (Å²) in [5.41, 5.74) is 0. The molecule has 0 bridgehead atoms. The van der Waals surface area contributed by atoms with Crippen LogP contribution in [0.15, 0.2) is 0 Å². The van der Waals surface area contributed by atoms with E-state index >= 15 is 0 Å². The Bertz CT molecular complexity index is 494. The van der Waals surface area contributed by atoms with Crippen LogP contribution in [0.1, 0.15) is 69.7 Å². The molecule has 0 fully saturated rings. The van der Waals surface area contributed by atoms with Crippen LogP contribution in [-0.4, -0.2) is 77.0 Å². The smallest absolute Gasteiger partial charge is 0.407 e. The molecule has 0 aromatic rings. The second-order valence-corrected chi connectivity index (χ2v) is 6.35. The molecule has 0 aromatic heterocycles. The molecule has 12 heteroatoms. The van der Waals surface area contributed by atoms with Crippen molar-refractivity contribution in [2.45, 2.75) is 69.7 Å². The maximum Gasteiger partial charge on any atom is 0.407 e. The van der Waals surface area contributed by atoms with Crippen LogP contribution in [0.2, 0.25) is 0 Å². The molecule has 0 radical (unpaired) electrons. The monoisotopic (exact) mass is 512 g/mol. The minimum absolute atomic E-state index is 0. The van der Waals surface area contributed by atoms with Crippen molar-refractivity contribution in [1.82, 2.24) is 21.3 Å². The number of hydrogen-bond acceptors (Lipinski definition) is 8. The van der Waals surface area contributed by atoms with Gasteiger partial charge in [0.25, 0.3) is 0 Å². The summed E-state index contributed by atoms with van der Waals surface area (Å²) < 4.78 is 19.7. The van der Waals surface area contributed by atoms with Crippen LogP contribution in [-0.2, 0) is 18.9 Å². The third-order valence-corrected chi connectivity index (χ3v) is 3.74. The number of hydrogen-bond donors (Lipinski definition) is 4. The summed E-state index contributed by atoms with van der Waals surface area (Å²) in [6.45, 7) is 6.95. The van der Waals surface area contributed by atoms with Crippen LogP contribution in [0.4, 0.5) is 19.2 Å². The summed E-state index contributed by atoms with van der Waals surface area (Å²) in [6.07, 6.45) is 0.227. The van der Waals surface area contributed by atoms with Crippen molar-refractivity contribution >= 4 is 24.4 Å². The fourth-order valence-electron chi connectivity index (χ4n) is 2.22. The number of rotatable bonds is 15. The predicted molar refractivity (Wildman–Crippen MR) is 139 cm³/mol. The Labute approximate surface area is 212 Å². The first-order chi connectivity index (χ1) is 14.9. The van der Waals surface area contributed by atoms with E-state index in [0.717, 1.165) is 19.3 Å². The molecule has 0 aliphatic rings. The highest BCUT2D eigenvalue weighted by Gasteiger charge is 2.15. The summed E-state index contributed by atoms with van der Waals surface area (Å²) in [6, 6.07) is 0. The predicted octanol–water partition coefficient (Wildman–Crippen LogP) is 4.28. The van der Waals surface area contributed by atoms with E-state index < -0.39 is 24.4 Å². The van der Waals surface area contributed by atoms with Crippen LogP contribution in [0.25, 0.3) is 0 Å². The van der Waals surface area contributed by atoms with Gasteiger partial charge in [-0.3, -0.25) is 0 Å². The number of unbranched alkanes of at least 4 members (excludes halogenated alkanes) is 1. The molecular weight excluding hydrogens is 460 g/mol. The molecule has 0 rings (SSSR count). The van der Waals surface area contributed by atoms with Gasteiger partial charge in [-0.25, -0.2) is 19.2 Å². The first-order valence-electron chi connectivity index (χ1n) is 10.5. The fraction of sp³-hybridized carbons (Fsp3) is 0.826. The molecule has 0 unspecified atom stereocenters. The van der Waals surface area contributed by atoms with Gasteiger partial charge >= 0.3 is 24.4 Å². The SMILES string of the molecule is C.C.C.C.CCCCC(COC(=O)NCCNC(=O)OCC)COC(=O)NCCNC(=O)OCC. The van der Waals surface area contributed by atoms with Gasteiger partial charge in [0.15, 0.2) is 0 Å². The van der Waals surface area contributed by atoms with E-state index in [1.165, 1.54) is 0 Å². The Hall–Kier alpha value is -2.92. The number of ether oxygens (including phenoxy) is 4. The van der Waals surface area contributed by atoms with Crippen LogP contribution < -0.4 is 21.3 Å². The van der Waals surface area contributed by atoms with Gasteiger partial charge in [0.2, 0.25) is 0 Å². The van der Waals surface area contributed by atoms with Gasteiger partial charge in [0.05, 0.1) is 26.4 Å². The normalized spacial score (nSPS) is 8.91. The lowest BCUT2D eigenvalue weighted by Crippen LogP contribution is -2.37. The summed E-state index contributed by atoms with van der Waals surface area (Å²) in [7, 11) is 0. The lowest BCUT2D eigenvalue weighted by molar-refractivity contribution is 0.0817. The van der Waals surface area contributed by atoms with Gasteiger partial charge in [-0.05, 0) is 20.3 Å². The van der Waals surface area contributed by atoms with Crippen molar-refractivity contribution in [3.8, 4) is 0 Å². The minimum Gasteiger partial charge on any atom is -0.450 e. The summed E-state index contributed by atoms with van der Waals surface area (Å²) in [5, 5.41) is 9.97. The van der Waals surface area contributed by atoms with E-state index in [0.29, 0.717) is 0 Å². The third kappa shape index (κ3) is 27.2. The second kappa shape index (κ2) is 29.1. The maximum absolute atomic E-state index is 11.8. The zero-order valence-corrected chi connectivity index (χ0v) is 18.6. The Morgan fingerprint density at radius 2 is 0.886 bits per heavy atom. The molecule has 0 aromatic carbocycles. The number of alkyl carbamates (subject to hydrolysis) is 4. The van der Waals surface area contributed by atoms with Crippen molar-refractivity contribution < 1.29 is 38.1 Å². The van der Waals surface area contributed by atoms with Crippen LogP contribution in [0.5, 0.6) is 0 Å². The van der Waals surface area contributed by atoms with E-state index in [1.807, 2.05) is 6.92 Å². The van der Waals surface area contributed by atoms with Crippen molar-refractivity contribution in [1.29, 1.82) is 0 Å². The summed E-state index contributed by atoms with van der Waals surface area (Å²) in [5.74, 6) is -0.147. The number of carbonyl (C=O) groups is 4. The van der Waals surface area contributed by atoms with Gasteiger partial charge < -0.3 is 40.2 Å². The first kappa shape index (κ1) is 42.3.